The monoisotopic (exact) mass is 442 g/mol. The van der Waals surface area contributed by atoms with Gasteiger partial charge in [-0.2, -0.15) is 11.3 Å². The van der Waals surface area contributed by atoms with E-state index in [1.807, 2.05) is 17.5 Å². The van der Waals surface area contributed by atoms with Gasteiger partial charge in [-0.3, -0.25) is 4.90 Å². The van der Waals surface area contributed by atoms with Gasteiger partial charge in [-0.15, -0.1) is 0 Å². The molecule has 2 aromatic carbocycles. The van der Waals surface area contributed by atoms with Gasteiger partial charge in [0.05, 0.1) is 12.9 Å². The van der Waals surface area contributed by atoms with Crippen LogP contribution in [-0.4, -0.2) is 33.5 Å². The summed E-state index contributed by atoms with van der Waals surface area (Å²) in [6.07, 6.45) is 0.977. The molecule has 1 atom stereocenters. The van der Waals surface area contributed by atoms with Crippen molar-refractivity contribution in [3.05, 3.63) is 87.6 Å². The lowest BCUT2D eigenvalue weighted by Crippen LogP contribution is -2.40. The number of methoxy groups -OCH3 is 1. The topological polar surface area (TPSA) is 58.6 Å². The fourth-order valence-electron chi connectivity index (χ4n) is 3.99. The molecule has 1 unspecified atom stereocenters. The minimum absolute atomic E-state index is 0.00273. The maximum absolute atomic E-state index is 12.8. The van der Waals surface area contributed by atoms with Crippen molar-refractivity contribution in [1.29, 1.82) is 0 Å². The first-order chi connectivity index (χ1) is 14.6. The third kappa shape index (κ3) is 4.92. The van der Waals surface area contributed by atoms with Gasteiger partial charge in [0.15, 0.2) is 0 Å². The molecular formula is C23H26N2O3S2. The van der Waals surface area contributed by atoms with E-state index in [0.29, 0.717) is 17.9 Å². The van der Waals surface area contributed by atoms with Crippen LogP contribution in [0.5, 0.6) is 5.75 Å². The molecule has 7 heteroatoms. The molecule has 2 heterocycles. The first-order valence-corrected chi connectivity index (χ1v) is 12.6. The Morgan fingerprint density at radius 3 is 2.63 bits per heavy atom. The fourth-order valence-corrected chi connectivity index (χ4v) is 5.86. The van der Waals surface area contributed by atoms with Crippen molar-refractivity contribution in [2.45, 2.75) is 24.8 Å². The van der Waals surface area contributed by atoms with Gasteiger partial charge in [-0.25, -0.2) is 13.1 Å². The van der Waals surface area contributed by atoms with E-state index in [1.54, 1.807) is 30.6 Å². The number of nitrogens with one attached hydrogen (secondary N) is 1. The summed E-state index contributed by atoms with van der Waals surface area (Å²) in [6.45, 7) is 2.08. The van der Waals surface area contributed by atoms with Gasteiger partial charge >= 0.3 is 0 Å². The molecule has 1 aliphatic rings. The minimum Gasteiger partial charge on any atom is -0.496 e. The van der Waals surface area contributed by atoms with Crippen LogP contribution in [0.3, 0.4) is 0 Å². The molecule has 0 fully saturated rings. The average molecular weight is 443 g/mol. The largest absolute Gasteiger partial charge is 0.496 e. The Morgan fingerprint density at radius 2 is 1.87 bits per heavy atom. The Morgan fingerprint density at radius 1 is 1.10 bits per heavy atom. The number of hydrogen-bond acceptors (Lipinski definition) is 5. The van der Waals surface area contributed by atoms with E-state index >= 15 is 0 Å². The second-order valence-electron chi connectivity index (χ2n) is 7.48. The van der Waals surface area contributed by atoms with Gasteiger partial charge in [0.25, 0.3) is 0 Å². The third-order valence-electron chi connectivity index (χ3n) is 5.56. The Balaban J connectivity index is 1.49. The first-order valence-electron chi connectivity index (χ1n) is 9.98. The molecule has 5 nitrogen and oxygen atoms in total. The number of sulfonamides is 1. The number of thiophene rings is 1. The van der Waals surface area contributed by atoms with Crippen LogP contribution >= 0.6 is 11.3 Å². The maximum Gasteiger partial charge on any atom is 0.215 e. The summed E-state index contributed by atoms with van der Waals surface area (Å²) in [6, 6.07) is 17.8. The minimum atomic E-state index is -3.51. The molecule has 3 aromatic rings. The predicted molar refractivity (Wildman–Crippen MR) is 121 cm³/mol. The van der Waals surface area contributed by atoms with Gasteiger partial charge in [0, 0.05) is 31.2 Å². The first kappa shape index (κ1) is 21.1. The van der Waals surface area contributed by atoms with Crippen LogP contribution in [0, 0.1) is 0 Å². The number of hydrogen-bond donors (Lipinski definition) is 1. The van der Waals surface area contributed by atoms with Crippen LogP contribution in [0.1, 0.15) is 28.3 Å². The molecule has 0 spiro atoms. The Labute approximate surface area is 182 Å². The smallest absolute Gasteiger partial charge is 0.215 e. The van der Waals surface area contributed by atoms with Crippen molar-refractivity contribution in [2.24, 2.45) is 0 Å². The van der Waals surface area contributed by atoms with E-state index in [9.17, 15) is 8.42 Å². The lowest BCUT2D eigenvalue weighted by molar-refractivity contribution is 0.180. The lowest BCUT2D eigenvalue weighted by atomic mass is 9.97. The van der Waals surface area contributed by atoms with Crippen LogP contribution in [0.2, 0.25) is 0 Å². The highest BCUT2D eigenvalue weighted by molar-refractivity contribution is 7.88. The predicted octanol–water partition coefficient (Wildman–Crippen LogP) is 3.98. The summed E-state index contributed by atoms with van der Waals surface area (Å²) in [5.41, 5.74) is 4.52. The Bertz CT molecular complexity index is 1080. The van der Waals surface area contributed by atoms with E-state index in [0.717, 1.165) is 25.1 Å². The second-order valence-corrected chi connectivity index (χ2v) is 10.1. The zero-order valence-electron chi connectivity index (χ0n) is 17.0. The van der Waals surface area contributed by atoms with Gasteiger partial charge in [-0.05, 0) is 46.0 Å². The highest BCUT2D eigenvalue weighted by Gasteiger charge is 2.26. The molecule has 1 aromatic heterocycles. The molecule has 0 saturated heterocycles. The zero-order chi connectivity index (χ0) is 21.0. The van der Waals surface area contributed by atoms with Crippen LogP contribution in [0.4, 0.5) is 0 Å². The molecule has 0 bridgehead atoms. The molecule has 1 aliphatic heterocycles. The van der Waals surface area contributed by atoms with Gasteiger partial charge < -0.3 is 4.74 Å². The van der Waals surface area contributed by atoms with Gasteiger partial charge in [0.1, 0.15) is 5.75 Å². The molecule has 0 saturated carbocycles. The SMILES string of the molecule is COc1ccccc1CS(=O)(=O)NCC(c1ccsc1)N1CCc2ccccc2C1. The number of rotatable bonds is 8. The Hall–Kier alpha value is -2.19. The molecule has 158 valence electrons. The van der Waals surface area contributed by atoms with Crippen molar-refractivity contribution in [1.82, 2.24) is 9.62 Å². The van der Waals surface area contributed by atoms with E-state index in [4.69, 9.17) is 4.74 Å². The standard InChI is InChI=1S/C23H26N2O3S2/c1-28-23-9-5-4-8-21(23)17-30(26,27)24-14-22(20-11-13-29-16-20)25-12-10-18-6-2-3-7-19(18)15-25/h2-9,11,13,16,22,24H,10,12,14-15,17H2,1H3. The molecule has 1 N–H and O–H groups in total. The quantitative estimate of drug-likeness (QED) is 0.573. The normalized spacial score (nSPS) is 15.5. The molecule has 30 heavy (non-hydrogen) atoms. The Kier molecular flexibility index (Phi) is 6.53. The summed E-state index contributed by atoms with van der Waals surface area (Å²) in [5.74, 6) is 0.487. The second kappa shape index (κ2) is 9.31. The zero-order valence-corrected chi connectivity index (χ0v) is 18.6. The number of fused-ring (bicyclic) bond motifs is 1. The van der Waals surface area contributed by atoms with Crippen molar-refractivity contribution < 1.29 is 13.2 Å². The number of para-hydroxylation sites is 1. The van der Waals surface area contributed by atoms with Gasteiger partial charge in [-0.1, -0.05) is 42.5 Å². The van der Waals surface area contributed by atoms with Crippen LogP contribution in [0.15, 0.2) is 65.4 Å². The number of ether oxygens (including phenoxy) is 1. The van der Waals surface area contributed by atoms with E-state index in [2.05, 4.69) is 45.3 Å². The maximum atomic E-state index is 12.8. The van der Waals surface area contributed by atoms with Crippen LogP contribution < -0.4 is 9.46 Å². The summed E-state index contributed by atoms with van der Waals surface area (Å²) in [5, 5.41) is 4.16. The highest BCUT2D eigenvalue weighted by atomic mass is 32.2. The molecule has 0 aliphatic carbocycles. The molecule has 4 rings (SSSR count). The average Bonchev–Trinajstić information content (AvgIpc) is 3.28. The van der Waals surface area contributed by atoms with Crippen molar-refractivity contribution in [2.75, 3.05) is 20.2 Å². The molecule has 0 amide bonds. The summed E-state index contributed by atoms with van der Waals surface area (Å²) < 4.78 is 33.8. The number of benzene rings is 2. The lowest BCUT2D eigenvalue weighted by Gasteiger charge is -2.35. The highest BCUT2D eigenvalue weighted by Crippen LogP contribution is 2.29. The number of nitrogens with zero attached hydrogens (tertiary/aromatic N) is 1. The van der Waals surface area contributed by atoms with E-state index in [-0.39, 0.29) is 11.8 Å². The van der Waals surface area contributed by atoms with Gasteiger partial charge in [0.2, 0.25) is 10.0 Å². The summed E-state index contributed by atoms with van der Waals surface area (Å²) >= 11 is 1.64. The molecule has 0 radical (unpaired) electrons. The molecular weight excluding hydrogens is 416 g/mol. The van der Waals surface area contributed by atoms with Crippen molar-refractivity contribution >= 4 is 21.4 Å². The summed E-state index contributed by atoms with van der Waals surface area (Å²) in [4.78, 5) is 2.37. The fraction of sp³-hybridized carbons (Fsp3) is 0.304. The van der Waals surface area contributed by atoms with E-state index in [1.165, 1.54) is 11.1 Å². The van der Waals surface area contributed by atoms with Crippen LogP contribution in [0.25, 0.3) is 0 Å². The summed E-state index contributed by atoms with van der Waals surface area (Å²) in [7, 11) is -1.95. The van der Waals surface area contributed by atoms with Crippen molar-refractivity contribution in [3.8, 4) is 5.75 Å². The van der Waals surface area contributed by atoms with E-state index < -0.39 is 10.0 Å². The van der Waals surface area contributed by atoms with Crippen LogP contribution in [-0.2, 0) is 28.7 Å². The van der Waals surface area contributed by atoms with Crippen molar-refractivity contribution in [3.63, 3.8) is 0 Å². The third-order valence-corrected chi connectivity index (χ3v) is 7.56.